The topological polar surface area (TPSA) is 42.2 Å². The number of hydrogen-bond donors (Lipinski definition) is 0. The lowest BCUT2D eigenvalue weighted by atomic mass is 10.1. The zero-order valence-electron chi connectivity index (χ0n) is 11.1. The van der Waals surface area contributed by atoms with Gasteiger partial charge in [-0.1, -0.05) is 0 Å². The molecular formula is C16H14FNO2. The molecule has 0 aliphatic carbocycles. The van der Waals surface area contributed by atoms with E-state index < -0.39 is 0 Å². The molecule has 0 heterocycles. The number of nitriles is 1. The second-order valence-corrected chi connectivity index (χ2v) is 4.11. The van der Waals surface area contributed by atoms with Crippen molar-refractivity contribution in [3.05, 3.63) is 59.4 Å². The van der Waals surface area contributed by atoms with Crippen molar-refractivity contribution in [1.82, 2.24) is 0 Å². The molecule has 102 valence electrons. The Morgan fingerprint density at radius 1 is 1.05 bits per heavy atom. The molecule has 0 atom stereocenters. The van der Waals surface area contributed by atoms with Crippen LogP contribution in [-0.2, 0) is 6.61 Å². The van der Waals surface area contributed by atoms with Gasteiger partial charge in [0.2, 0.25) is 0 Å². The van der Waals surface area contributed by atoms with Gasteiger partial charge in [-0.2, -0.15) is 5.26 Å². The van der Waals surface area contributed by atoms with E-state index in [4.69, 9.17) is 14.7 Å². The molecule has 0 unspecified atom stereocenters. The predicted molar refractivity (Wildman–Crippen MR) is 73.1 cm³/mol. The van der Waals surface area contributed by atoms with Crippen LogP contribution in [-0.4, -0.2) is 6.61 Å². The lowest BCUT2D eigenvalue weighted by molar-refractivity contribution is 0.303. The van der Waals surface area contributed by atoms with Crippen molar-refractivity contribution in [3.63, 3.8) is 0 Å². The van der Waals surface area contributed by atoms with E-state index in [1.54, 1.807) is 24.3 Å². The fourth-order valence-electron chi connectivity index (χ4n) is 1.75. The van der Waals surface area contributed by atoms with Crippen LogP contribution in [0.4, 0.5) is 4.39 Å². The monoisotopic (exact) mass is 271 g/mol. The third kappa shape index (κ3) is 3.48. The first kappa shape index (κ1) is 13.9. The number of rotatable bonds is 5. The molecule has 0 saturated carbocycles. The summed E-state index contributed by atoms with van der Waals surface area (Å²) in [4.78, 5) is 0. The molecule has 2 aromatic rings. The SMILES string of the molecule is CCOc1ccc(OCc2cc(F)ccc2C#N)cc1. The van der Waals surface area contributed by atoms with Gasteiger partial charge in [0, 0.05) is 5.56 Å². The van der Waals surface area contributed by atoms with Crippen molar-refractivity contribution in [2.24, 2.45) is 0 Å². The van der Waals surface area contributed by atoms with Crippen molar-refractivity contribution in [3.8, 4) is 17.6 Å². The third-order valence-corrected chi connectivity index (χ3v) is 2.72. The number of benzene rings is 2. The zero-order valence-corrected chi connectivity index (χ0v) is 11.1. The lowest BCUT2D eigenvalue weighted by Gasteiger charge is -2.09. The predicted octanol–water partition coefficient (Wildman–Crippen LogP) is 3.68. The molecular weight excluding hydrogens is 257 g/mol. The van der Waals surface area contributed by atoms with Crippen molar-refractivity contribution >= 4 is 0 Å². The summed E-state index contributed by atoms with van der Waals surface area (Å²) in [6.07, 6.45) is 0. The van der Waals surface area contributed by atoms with Gasteiger partial charge in [-0.15, -0.1) is 0 Å². The summed E-state index contributed by atoms with van der Waals surface area (Å²) in [5.74, 6) is 1.03. The molecule has 2 rings (SSSR count). The summed E-state index contributed by atoms with van der Waals surface area (Å²) in [6.45, 7) is 2.67. The number of nitrogens with zero attached hydrogens (tertiary/aromatic N) is 1. The minimum absolute atomic E-state index is 0.147. The number of hydrogen-bond acceptors (Lipinski definition) is 3. The molecule has 0 aliphatic heterocycles. The number of halogens is 1. The molecule has 0 bridgehead atoms. The minimum Gasteiger partial charge on any atom is -0.494 e. The molecule has 0 aliphatic rings. The fourth-order valence-corrected chi connectivity index (χ4v) is 1.75. The Morgan fingerprint density at radius 2 is 1.70 bits per heavy atom. The van der Waals surface area contributed by atoms with Crippen molar-refractivity contribution < 1.29 is 13.9 Å². The summed E-state index contributed by atoms with van der Waals surface area (Å²) in [7, 11) is 0. The molecule has 0 spiro atoms. The van der Waals surface area contributed by atoms with Crippen LogP contribution < -0.4 is 9.47 Å². The maximum absolute atomic E-state index is 13.2. The van der Waals surface area contributed by atoms with Crippen molar-refractivity contribution in [1.29, 1.82) is 5.26 Å². The molecule has 0 aromatic heterocycles. The molecule has 0 saturated heterocycles. The smallest absolute Gasteiger partial charge is 0.123 e. The van der Waals surface area contributed by atoms with Crippen LogP contribution >= 0.6 is 0 Å². The van der Waals surface area contributed by atoms with E-state index in [1.165, 1.54) is 18.2 Å². The van der Waals surface area contributed by atoms with Gasteiger partial charge >= 0.3 is 0 Å². The summed E-state index contributed by atoms with van der Waals surface area (Å²) in [5, 5.41) is 8.96. The molecule has 2 aromatic carbocycles. The van der Waals surface area contributed by atoms with Gasteiger partial charge < -0.3 is 9.47 Å². The first-order valence-corrected chi connectivity index (χ1v) is 6.27. The first-order valence-electron chi connectivity index (χ1n) is 6.27. The van der Waals surface area contributed by atoms with Gasteiger partial charge in [-0.05, 0) is 49.4 Å². The van der Waals surface area contributed by atoms with E-state index in [0.29, 0.717) is 23.5 Å². The Kier molecular flexibility index (Phi) is 4.56. The molecule has 0 fully saturated rings. The van der Waals surface area contributed by atoms with Crippen LogP contribution in [0.5, 0.6) is 11.5 Å². The van der Waals surface area contributed by atoms with Gasteiger partial charge in [0.05, 0.1) is 18.2 Å². The molecule has 0 amide bonds. The van der Waals surface area contributed by atoms with E-state index in [1.807, 2.05) is 13.0 Å². The van der Waals surface area contributed by atoms with E-state index in [0.717, 1.165) is 5.75 Å². The van der Waals surface area contributed by atoms with Crippen LogP contribution in [0.15, 0.2) is 42.5 Å². The summed E-state index contributed by atoms with van der Waals surface area (Å²) < 4.78 is 24.0. The highest BCUT2D eigenvalue weighted by Gasteiger charge is 2.05. The van der Waals surface area contributed by atoms with E-state index in [9.17, 15) is 4.39 Å². The van der Waals surface area contributed by atoms with Gasteiger partial charge in [-0.3, -0.25) is 0 Å². The first-order chi connectivity index (χ1) is 9.72. The van der Waals surface area contributed by atoms with Gasteiger partial charge in [0.25, 0.3) is 0 Å². The maximum Gasteiger partial charge on any atom is 0.123 e. The Hall–Kier alpha value is -2.54. The zero-order chi connectivity index (χ0) is 14.4. The van der Waals surface area contributed by atoms with E-state index in [2.05, 4.69) is 0 Å². The summed E-state index contributed by atoms with van der Waals surface area (Å²) in [6, 6.07) is 13.2. The van der Waals surface area contributed by atoms with Crippen molar-refractivity contribution in [2.45, 2.75) is 13.5 Å². The minimum atomic E-state index is -0.380. The van der Waals surface area contributed by atoms with Crippen LogP contribution in [0, 0.1) is 17.1 Å². The molecule has 3 nitrogen and oxygen atoms in total. The van der Waals surface area contributed by atoms with Crippen LogP contribution in [0.3, 0.4) is 0 Å². The fraction of sp³-hybridized carbons (Fsp3) is 0.188. The van der Waals surface area contributed by atoms with Gasteiger partial charge in [0.1, 0.15) is 23.9 Å². The Bertz CT molecular complexity index is 617. The molecule has 20 heavy (non-hydrogen) atoms. The van der Waals surface area contributed by atoms with Crippen LogP contribution in [0.1, 0.15) is 18.1 Å². The summed E-state index contributed by atoms with van der Waals surface area (Å²) in [5.41, 5.74) is 0.943. The highest BCUT2D eigenvalue weighted by atomic mass is 19.1. The van der Waals surface area contributed by atoms with E-state index in [-0.39, 0.29) is 12.4 Å². The molecule has 4 heteroatoms. The standard InChI is InChI=1S/C16H14FNO2/c1-2-19-15-5-7-16(8-6-15)20-11-13-9-14(17)4-3-12(13)10-18/h3-9H,2,11H2,1H3. The average molecular weight is 271 g/mol. The second kappa shape index (κ2) is 6.58. The Morgan fingerprint density at radius 3 is 2.30 bits per heavy atom. The normalized spacial score (nSPS) is 9.85. The second-order valence-electron chi connectivity index (χ2n) is 4.11. The lowest BCUT2D eigenvalue weighted by Crippen LogP contribution is -1.99. The maximum atomic E-state index is 13.2. The highest BCUT2D eigenvalue weighted by molar-refractivity contribution is 5.38. The Labute approximate surface area is 117 Å². The average Bonchev–Trinajstić information content (AvgIpc) is 2.47. The summed E-state index contributed by atoms with van der Waals surface area (Å²) >= 11 is 0. The van der Waals surface area contributed by atoms with Crippen molar-refractivity contribution in [2.75, 3.05) is 6.61 Å². The van der Waals surface area contributed by atoms with Gasteiger partial charge in [-0.25, -0.2) is 4.39 Å². The largest absolute Gasteiger partial charge is 0.494 e. The molecule has 0 radical (unpaired) electrons. The van der Waals surface area contributed by atoms with Crippen LogP contribution in [0.25, 0.3) is 0 Å². The highest BCUT2D eigenvalue weighted by Crippen LogP contribution is 2.19. The van der Waals surface area contributed by atoms with Gasteiger partial charge in [0.15, 0.2) is 0 Å². The van der Waals surface area contributed by atoms with E-state index >= 15 is 0 Å². The van der Waals surface area contributed by atoms with Crippen LogP contribution in [0.2, 0.25) is 0 Å². The Balaban J connectivity index is 2.05. The quantitative estimate of drug-likeness (QED) is 0.833. The third-order valence-electron chi connectivity index (χ3n) is 2.72. The number of ether oxygens (including phenoxy) is 2. The molecule has 0 N–H and O–H groups in total.